The smallest absolute Gasteiger partial charge is 0.408 e. The Hall–Kier alpha value is -5.48. The zero-order chi connectivity index (χ0) is 52.0. The van der Waals surface area contributed by atoms with E-state index in [9.17, 15) is 34.0 Å². The highest BCUT2D eigenvalue weighted by Gasteiger charge is 2.47. The fraction of sp³-hybridized carbons (Fsp3) is 0.630. The number of hydroxylamine groups is 2. The number of piperidine rings is 1. The van der Waals surface area contributed by atoms with Gasteiger partial charge in [0.1, 0.15) is 30.3 Å². The number of nitrogens with one attached hydrogen (secondary N) is 5. The van der Waals surface area contributed by atoms with Gasteiger partial charge in [0.2, 0.25) is 23.6 Å². The molecular weight excluding hydrogens is 891 g/mol. The quantitative estimate of drug-likeness (QED) is 0.0618. The maximum absolute atomic E-state index is 14.8. The number of carbonyl (C=O) groups is 6. The Labute approximate surface area is 416 Å². The molecule has 1 radical (unpaired) electrons. The zero-order valence-electron chi connectivity index (χ0n) is 43.8. The number of carbonyl (C=O) groups excluding carboxylic acids is 6. The molecule has 0 saturated carbocycles. The van der Waals surface area contributed by atoms with Gasteiger partial charge in [-0.15, -0.1) is 10.3 Å². The molecule has 5 N–H and O–H groups in total. The van der Waals surface area contributed by atoms with Gasteiger partial charge in [-0.25, -0.2) is 9.59 Å². The summed E-state index contributed by atoms with van der Waals surface area (Å²) in [4.78, 5) is 84.8. The molecule has 2 aliphatic rings. The van der Waals surface area contributed by atoms with Crippen molar-refractivity contribution in [2.45, 2.75) is 188 Å². The average Bonchev–Trinajstić information content (AvgIpc) is 3.76. The third-order valence-electron chi connectivity index (χ3n) is 12.8. The molecule has 2 aromatic carbocycles. The predicted molar refractivity (Wildman–Crippen MR) is 269 cm³/mol. The largest absolute Gasteiger partial charge is 0.445 e. The normalized spacial score (nSPS) is 19.1. The summed E-state index contributed by atoms with van der Waals surface area (Å²) in [6.45, 7) is 23.0. The van der Waals surface area contributed by atoms with Gasteiger partial charge >= 0.3 is 12.2 Å². The van der Waals surface area contributed by atoms with Crippen molar-refractivity contribution in [2.24, 2.45) is 17.8 Å². The number of alkyl carbamates (subject to hydrolysis) is 2. The maximum Gasteiger partial charge on any atom is 0.408 e. The summed E-state index contributed by atoms with van der Waals surface area (Å²) in [5.41, 5.74) is 0.316. The van der Waals surface area contributed by atoms with Crippen LogP contribution in [-0.4, -0.2) is 106 Å². The van der Waals surface area contributed by atoms with E-state index in [2.05, 4.69) is 40.4 Å². The highest BCUT2D eigenvalue weighted by Crippen LogP contribution is 2.37. The number of rotatable bonds is 21. The van der Waals surface area contributed by atoms with E-state index in [1.54, 1.807) is 39.5 Å². The van der Waals surface area contributed by atoms with Crippen molar-refractivity contribution in [2.75, 3.05) is 13.1 Å². The number of hydrogen-bond donors (Lipinski definition) is 5. The first-order valence-corrected chi connectivity index (χ1v) is 25.1. The minimum absolute atomic E-state index is 0.0939. The lowest BCUT2D eigenvalue weighted by atomic mass is 9.79. The molecule has 0 aliphatic carbocycles. The van der Waals surface area contributed by atoms with Crippen LogP contribution in [0.15, 0.2) is 72.3 Å². The Kier molecular flexibility index (Phi) is 20.9. The number of amides is 6. The number of likely N-dealkylation sites (tertiary alicyclic amines) is 1. The summed E-state index contributed by atoms with van der Waals surface area (Å²) in [5, 5.41) is 28.9. The van der Waals surface area contributed by atoms with Gasteiger partial charge in [0.15, 0.2) is 0 Å². The molecule has 0 bridgehead atoms. The van der Waals surface area contributed by atoms with Crippen LogP contribution in [0.5, 0.6) is 0 Å². The molecule has 70 heavy (non-hydrogen) atoms. The van der Waals surface area contributed by atoms with Crippen LogP contribution in [0.3, 0.4) is 0 Å². The van der Waals surface area contributed by atoms with Crippen molar-refractivity contribution in [1.29, 1.82) is 0 Å². The van der Waals surface area contributed by atoms with Crippen molar-refractivity contribution >= 4 is 35.8 Å². The molecule has 16 nitrogen and oxygen atoms in total. The number of nitrogens with zero attached hydrogens (tertiary/aromatic N) is 2. The topological polar surface area (TPSA) is 207 Å². The second-order valence-corrected chi connectivity index (χ2v) is 22.2. The van der Waals surface area contributed by atoms with Crippen LogP contribution in [0, 0.1) is 17.8 Å². The molecule has 2 saturated heterocycles. The van der Waals surface area contributed by atoms with Gasteiger partial charge in [0.05, 0.1) is 12.0 Å². The first-order valence-electron chi connectivity index (χ1n) is 25.1. The van der Waals surface area contributed by atoms with Crippen molar-refractivity contribution < 1.29 is 43.4 Å². The molecule has 387 valence electrons. The molecule has 0 spiro atoms. The van der Waals surface area contributed by atoms with Crippen molar-refractivity contribution in [1.82, 2.24) is 36.5 Å². The molecule has 0 unspecified atom stereocenters. The molecule has 16 heteroatoms. The first-order chi connectivity index (χ1) is 32.8. The van der Waals surface area contributed by atoms with Crippen LogP contribution < -0.4 is 26.6 Å². The molecule has 5 atom stereocenters. The third-order valence-corrected chi connectivity index (χ3v) is 12.8. The number of hydrogen-bond acceptors (Lipinski definition) is 9. The minimum atomic E-state index is -1.06. The van der Waals surface area contributed by atoms with E-state index in [1.165, 1.54) is 0 Å². The molecule has 2 heterocycles. The van der Waals surface area contributed by atoms with Crippen LogP contribution in [-0.2, 0) is 46.9 Å². The van der Waals surface area contributed by atoms with Gasteiger partial charge in [0, 0.05) is 30.2 Å². The van der Waals surface area contributed by atoms with Crippen molar-refractivity contribution in [3.63, 3.8) is 0 Å². The second-order valence-electron chi connectivity index (χ2n) is 22.2. The number of ether oxygens (including phenoxy) is 2. The zero-order valence-corrected chi connectivity index (χ0v) is 43.8. The summed E-state index contributed by atoms with van der Waals surface area (Å²) in [6, 6.07) is 15.2. The Morgan fingerprint density at radius 3 is 1.99 bits per heavy atom. The van der Waals surface area contributed by atoms with Crippen LogP contribution >= 0.6 is 0 Å². The summed E-state index contributed by atoms with van der Waals surface area (Å²) in [7, 11) is 0. The Morgan fingerprint density at radius 2 is 1.41 bits per heavy atom. The molecule has 2 aliphatic heterocycles. The molecule has 6 amide bonds. The van der Waals surface area contributed by atoms with Gasteiger partial charge in [-0.1, -0.05) is 100 Å². The van der Waals surface area contributed by atoms with Crippen LogP contribution in [0.2, 0.25) is 0 Å². The van der Waals surface area contributed by atoms with E-state index in [-0.39, 0.29) is 37.4 Å². The van der Waals surface area contributed by atoms with E-state index >= 15 is 0 Å². The Balaban J connectivity index is 1.52. The van der Waals surface area contributed by atoms with E-state index in [0.717, 1.165) is 21.8 Å². The number of benzene rings is 2. The lowest BCUT2D eigenvalue weighted by molar-refractivity contribution is -0.290. The lowest BCUT2D eigenvalue weighted by Gasteiger charge is -2.50. The fourth-order valence-corrected chi connectivity index (χ4v) is 9.62. The van der Waals surface area contributed by atoms with Crippen LogP contribution in [0.1, 0.15) is 139 Å². The summed E-state index contributed by atoms with van der Waals surface area (Å²) in [6.07, 6.45) is 3.94. The minimum Gasteiger partial charge on any atom is -0.445 e. The fourth-order valence-electron chi connectivity index (χ4n) is 9.62. The Morgan fingerprint density at radius 1 is 0.814 bits per heavy atom. The van der Waals surface area contributed by atoms with E-state index in [0.29, 0.717) is 51.5 Å². The second kappa shape index (κ2) is 25.6. The van der Waals surface area contributed by atoms with Gasteiger partial charge in [0.25, 0.3) is 0 Å². The standard InChI is InChI=1S/C54H82N7O9/c1-35(2)29-40(57-51(67)70-52(6,7)8)30-37(5)42(31-38-21-15-13-16-22-38)49(65)60-28-20-26-44(60)47(63)59-45(36(3)4)48(64)58-43(25-19-27-55-50(66)69-34-39-23-17-14-18-24-39)46(62)56-41-32-53(9,10)61(68)54(11,12)33-41/h13-18,21-24,30,35-36,40-45H,19-20,25-29,31-34H2,1-12H3,(H,55,66)(H,56,62)(H,57,67)(H,58,64)(H,59,63)/b37-30+/t40-,42-,43-,44+,45+/m1/s1. The van der Waals surface area contributed by atoms with Crippen molar-refractivity contribution in [3.05, 3.63) is 83.4 Å². The van der Waals surface area contributed by atoms with E-state index in [1.807, 2.05) is 101 Å². The highest BCUT2D eigenvalue weighted by atomic mass is 16.6. The molecule has 0 aromatic heterocycles. The van der Waals surface area contributed by atoms with Gasteiger partial charge < -0.3 is 41.0 Å². The van der Waals surface area contributed by atoms with Gasteiger partial charge in [-0.3, -0.25) is 19.2 Å². The predicted octanol–water partition coefficient (Wildman–Crippen LogP) is 7.54. The van der Waals surface area contributed by atoms with Crippen LogP contribution in [0.4, 0.5) is 9.59 Å². The molecule has 2 aromatic rings. The highest BCUT2D eigenvalue weighted by molar-refractivity contribution is 5.95. The summed E-state index contributed by atoms with van der Waals surface area (Å²) < 4.78 is 10.9. The summed E-state index contributed by atoms with van der Waals surface area (Å²) >= 11 is 0. The monoisotopic (exact) mass is 973 g/mol. The van der Waals surface area contributed by atoms with E-state index < -0.39 is 82.6 Å². The van der Waals surface area contributed by atoms with Crippen LogP contribution in [0.25, 0.3) is 0 Å². The van der Waals surface area contributed by atoms with Gasteiger partial charge in [-0.2, -0.15) is 0 Å². The molecule has 4 rings (SSSR count). The first kappa shape index (κ1) is 57.1. The average molecular weight is 973 g/mol. The van der Waals surface area contributed by atoms with Gasteiger partial charge in [-0.05, 0) is 130 Å². The summed E-state index contributed by atoms with van der Waals surface area (Å²) in [5.74, 6) is -2.57. The SMILES string of the molecule is C/C(=C\[C@@H](CC(C)C)NC(=O)OC(C)(C)C)[C@@H](Cc1ccccc1)C(=O)N1CCC[C@H]1C(=O)N[C@H](C(=O)N[C@H](CCCNC(=O)OCc1ccccc1)C(=O)NC1CC(C)(C)N([O])C(C)(C)C1)C(C)C. The lowest BCUT2D eigenvalue weighted by Crippen LogP contribution is -2.64. The van der Waals surface area contributed by atoms with E-state index in [4.69, 9.17) is 9.47 Å². The Bertz CT molecular complexity index is 2070. The molecule has 2 fully saturated rings. The van der Waals surface area contributed by atoms with Crippen molar-refractivity contribution in [3.8, 4) is 0 Å². The third kappa shape index (κ3) is 17.7. The maximum atomic E-state index is 14.8. The molecular formula is C54H82N7O9.